The van der Waals surface area contributed by atoms with E-state index in [1.165, 1.54) is 0 Å². The quantitative estimate of drug-likeness (QED) is 0.753. The van der Waals surface area contributed by atoms with Gasteiger partial charge < -0.3 is 15.7 Å². The van der Waals surface area contributed by atoms with E-state index in [-0.39, 0.29) is 12.1 Å². The molecule has 1 aromatic heterocycles. The van der Waals surface area contributed by atoms with E-state index in [4.69, 9.17) is 0 Å². The summed E-state index contributed by atoms with van der Waals surface area (Å²) < 4.78 is 0. The summed E-state index contributed by atoms with van der Waals surface area (Å²) in [4.78, 5) is 16.3. The van der Waals surface area contributed by atoms with Crippen LogP contribution in [0, 0.1) is 5.92 Å². The van der Waals surface area contributed by atoms with Gasteiger partial charge in [-0.3, -0.25) is 0 Å². The molecule has 1 aliphatic rings. The highest BCUT2D eigenvalue weighted by atomic mass is 32.1. The first-order valence-corrected chi connectivity index (χ1v) is 9.06. The Morgan fingerprint density at radius 2 is 2.27 bits per heavy atom. The Balaban J connectivity index is 1.61. The third-order valence-corrected chi connectivity index (χ3v) is 5.23. The second-order valence-electron chi connectivity index (χ2n) is 6.41. The lowest BCUT2D eigenvalue weighted by molar-refractivity contribution is 0.101. The number of amides is 2. The lowest BCUT2D eigenvalue weighted by Gasteiger charge is -2.25. The predicted molar refractivity (Wildman–Crippen MR) is 89.3 cm³/mol. The molecule has 0 bridgehead atoms. The van der Waals surface area contributed by atoms with Crippen LogP contribution >= 0.6 is 11.3 Å². The molecule has 1 aromatic rings. The molecule has 2 atom stereocenters. The number of nitrogens with one attached hydrogen (secondary N) is 2. The molecule has 0 radical (unpaired) electrons. The van der Waals surface area contributed by atoms with Crippen LogP contribution in [0.2, 0.25) is 0 Å². The van der Waals surface area contributed by atoms with Crippen LogP contribution in [0.15, 0.2) is 5.38 Å². The largest absolute Gasteiger partial charge is 0.393 e. The van der Waals surface area contributed by atoms with Gasteiger partial charge in [0.2, 0.25) is 0 Å². The van der Waals surface area contributed by atoms with Crippen molar-refractivity contribution in [2.75, 3.05) is 13.1 Å². The summed E-state index contributed by atoms with van der Waals surface area (Å²) in [6, 6.07) is -0.126. The number of thiazole rings is 1. The fourth-order valence-corrected chi connectivity index (χ4v) is 3.62. The van der Waals surface area contributed by atoms with E-state index < -0.39 is 0 Å². The van der Waals surface area contributed by atoms with Gasteiger partial charge in [0, 0.05) is 30.8 Å². The Bertz CT molecular complexity index is 476. The summed E-state index contributed by atoms with van der Waals surface area (Å²) in [7, 11) is 0. The van der Waals surface area contributed by atoms with Gasteiger partial charge in [0.25, 0.3) is 0 Å². The van der Waals surface area contributed by atoms with Crippen molar-refractivity contribution in [1.82, 2.24) is 15.6 Å². The van der Waals surface area contributed by atoms with Gasteiger partial charge in [0.1, 0.15) is 0 Å². The first-order chi connectivity index (χ1) is 10.5. The van der Waals surface area contributed by atoms with Gasteiger partial charge >= 0.3 is 6.03 Å². The van der Waals surface area contributed by atoms with Crippen LogP contribution in [0.1, 0.15) is 56.2 Å². The van der Waals surface area contributed by atoms with Crippen LogP contribution in [0.3, 0.4) is 0 Å². The first kappa shape index (κ1) is 17.2. The lowest BCUT2D eigenvalue weighted by atomic mass is 9.87. The molecule has 3 N–H and O–H groups in total. The van der Waals surface area contributed by atoms with E-state index in [0.717, 1.165) is 42.8 Å². The number of aliphatic hydroxyl groups is 1. The summed E-state index contributed by atoms with van der Waals surface area (Å²) in [6.07, 6.45) is 4.42. The summed E-state index contributed by atoms with van der Waals surface area (Å²) >= 11 is 1.68. The number of carbonyl (C=O) groups is 1. The summed E-state index contributed by atoms with van der Waals surface area (Å²) in [5, 5.41) is 18.6. The zero-order chi connectivity index (χ0) is 15.9. The minimum Gasteiger partial charge on any atom is -0.393 e. The van der Waals surface area contributed by atoms with Crippen molar-refractivity contribution in [3.63, 3.8) is 0 Å². The maximum Gasteiger partial charge on any atom is 0.314 e. The molecule has 6 heteroatoms. The average molecular weight is 325 g/mol. The van der Waals surface area contributed by atoms with Crippen molar-refractivity contribution in [2.45, 2.75) is 58.0 Å². The van der Waals surface area contributed by atoms with Gasteiger partial charge in [0.05, 0.1) is 16.8 Å². The number of hydrogen-bond donors (Lipinski definition) is 3. The van der Waals surface area contributed by atoms with Gasteiger partial charge in [-0.1, -0.05) is 20.3 Å². The van der Waals surface area contributed by atoms with E-state index in [1.54, 1.807) is 11.3 Å². The zero-order valence-electron chi connectivity index (χ0n) is 13.5. The molecule has 1 aliphatic carbocycles. The highest BCUT2D eigenvalue weighted by Gasteiger charge is 2.20. The number of rotatable bonds is 6. The molecule has 1 saturated carbocycles. The fraction of sp³-hybridized carbons (Fsp3) is 0.750. The van der Waals surface area contributed by atoms with Crippen molar-refractivity contribution >= 4 is 17.4 Å². The molecular formula is C16H27N3O2S. The topological polar surface area (TPSA) is 74.2 Å². The Kier molecular flexibility index (Phi) is 6.64. The fourth-order valence-electron chi connectivity index (χ4n) is 2.75. The van der Waals surface area contributed by atoms with E-state index in [9.17, 15) is 9.90 Å². The van der Waals surface area contributed by atoms with E-state index in [2.05, 4.69) is 34.8 Å². The standard InChI is InChI=1S/C16H27N3O2S/c1-11(2)15-19-13(10-22-15)6-7-17-16(21)18-9-12-4-3-5-14(20)8-12/h10-12,14,20H,3-9H2,1-2H3,(H2,17,18,21). The molecule has 0 aliphatic heterocycles. The van der Waals surface area contributed by atoms with Crippen LogP contribution in [-0.4, -0.2) is 35.3 Å². The van der Waals surface area contributed by atoms with Gasteiger partial charge in [0.15, 0.2) is 0 Å². The Hall–Kier alpha value is -1.14. The second kappa shape index (κ2) is 8.48. The predicted octanol–water partition coefficient (Wildman–Crippen LogP) is 2.66. The summed E-state index contributed by atoms with van der Waals surface area (Å²) in [5.74, 6) is 0.863. The Morgan fingerprint density at radius 1 is 1.45 bits per heavy atom. The van der Waals surface area contributed by atoms with Crippen LogP contribution in [-0.2, 0) is 6.42 Å². The van der Waals surface area contributed by atoms with Crippen molar-refractivity contribution in [3.05, 3.63) is 16.1 Å². The van der Waals surface area contributed by atoms with Crippen molar-refractivity contribution in [1.29, 1.82) is 0 Å². The molecule has 22 heavy (non-hydrogen) atoms. The van der Waals surface area contributed by atoms with Crippen LogP contribution < -0.4 is 10.6 Å². The molecular weight excluding hydrogens is 298 g/mol. The number of aliphatic hydroxyl groups excluding tert-OH is 1. The molecule has 0 saturated heterocycles. The minimum atomic E-state index is -0.191. The zero-order valence-corrected chi connectivity index (χ0v) is 14.3. The summed E-state index contributed by atoms with van der Waals surface area (Å²) in [5.41, 5.74) is 1.05. The number of urea groups is 1. The Labute approximate surface area is 136 Å². The molecule has 0 spiro atoms. The van der Waals surface area contributed by atoms with Crippen LogP contribution in [0.5, 0.6) is 0 Å². The second-order valence-corrected chi connectivity index (χ2v) is 7.29. The number of nitrogens with zero attached hydrogens (tertiary/aromatic N) is 1. The molecule has 2 amide bonds. The maximum atomic E-state index is 11.8. The molecule has 2 rings (SSSR count). The van der Waals surface area contributed by atoms with Crippen LogP contribution in [0.4, 0.5) is 4.79 Å². The van der Waals surface area contributed by atoms with Crippen molar-refractivity contribution in [2.24, 2.45) is 5.92 Å². The lowest BCUT2D eigenvalue weighted by Crippen LogP contribution is -2.40. The van der Waals surface area contributed by atoms with E-state index in [1.807, 2.05) is 0 Å². The third kappa shape index (κ3) is 5.57. The average Bonchev–Trinajstić information content (AvgIpc) is 2.94. The monoisotopic (exact) mass is 325 g/mol. The SMILES string of the molecule is CC(C)c1nc(CCNC(=O)NCC2CCCC(O)C2)cs1. The number of hydrogen-bond acceptors (Lipinski definition) is 4. The smallest absolute Gasteiger partial charge is 0.314 e. The molecule has 2 unspecified atom stereocenters. The molecule has 5 nitrogen and oxygen atoms in total. The molecule has 1 fully saturated rings. The van der Waals surface area contributed by atoms with Gasteiger partial charge in [-0.2, -0.15) is 0 Å². The van der Waals surface area contributed by atoms with Gasteiger partial charge in [-0.05, 0) is 25.2 Å². The van der Waals surface area contributed by atoms with Crippen molar-refractivity contribution in [3.8, 4) is 0 Å². The molecule has 124 valence electrons. The minimum absolute atomic E-state index is 0.126. The van der Waals surface area contributed by atoms with E-state index >= 15 is 0 Å². The molecule has 1 heterocycles. The first-order valence-electron chi connectivity index (χ1n) is 8.18. The molecule has 0 aromatic carbocycles. The Morgan fingerprint density at radius 3 is 2.95 bits per heavy atom. The van der Waals surface area contributed by atoms with Crippen LogP contribution in [0.25, 0.3) is 0 Å². The van der Waals surface area contributed by atoms with Crippen molar-refractivity contribution < 1.29 is 9.90 Å². The number of carbonyl (C=O) groups excluding carboxylic acids is 1. The van der Waals surface area contributed by atoms with E-state index in [0.29, 0.717) is 24.9 Å². The number of aromatic nitrogens is 1. The third-order valence-electron chi connectivity index (χ3n) is 4.04. The van der Waals surface area contributed by atoms with Gasteiger partial charge in [-0.25, -0.2) is 9.78 Å². The highest BCUT2D eigenvalue weighted by molar-refractivity contribution is 7.09. The maximum absolute atomic E-state index is 11.8. The van der Waals surface area contributed by atoms with Gasteiger partial charge in [-0.15, -0.1) is 11.3 Å². The highest BCUT2D eigenvalue weighted by Crippen LogP contribution is 2.23. The normalized spacial score (nSPS) is 21.8. The summed E-state index contributed by atoms with van der Waals surface area (Å²) in [6.45, 7) is 5.52.